The minimum atomic E-state index is -4.53. The lowest BCUT2D eigenvalue weighted by Crippen LogP contribution is -2.21. The molecule has 0 atom stereocenters. The summed E-state index contributed by atoms with van der Waals surface area (Å²) in [4.78, 5) is 19.5. The number of fused-ring (bicyclic) bond motifs is 1. The van der Waals surface area contributed by atoms with Gasteiger partial charge in [-0.15, -0.1) is 5.10 Å². The molecule has 0 unspecified atom stereocenters. The largest absolute Gasteiger partial charge is 0.416 e. The average Bonchev–Trinajstić information content (AvgIpc) is 3.71. The van der Waals surface area contributed by atoms with Crippen molar-refractivity contribution in [3.05, 3.63) is 89.5 Å². The number of likely N-dealkylation sites (tertiary alicyclic amines) is 1. The third kappa shape index (κ3) is 5.17. The monoisotopic (exact) mass is 546 g/mol. The van der Waals surface area contributed by atoms with Crippen LogP contribution < -0.4 is 5.32 Å². The van der Waals surface area contributed by atoms with Gasteiger partial charge in [-0.1, -0.05) is 17.3 Å². The highest BCUT2D eigenvalue weighted by Crippen LogP contribution is 2.35. The van der Waals surface area contributed by atoms with Crippen molar-refractivity contribution < 1.29 is 18.0 Å². The van der Waals surface area contributed by atoms with Crippen molar-refractivity contribution in [2.75, 3.05) is 18.4 Å². The predicted molar refractivity (Wildman–Crippen MR) is 142 cm³/mol. The van der Waals surface area contributed by atoms with Crippen LogP contribution in [-0.4, -0.2) is 53.5 Å². The van der Waals surface area contributed by atoms with Gasteiger partial charge < -0.3 is 5.32 Å². The van der Waals surface area contributed by atoms with Crippen molar-refractivity contribution >= 4 is 17.2 Å². The summed E-state index contributed by atoms with van der Waals surface area (Å²) in [6, 6.07) is 10.8. The van der Waals surface area contributed by atoms with E-state index in [1.165, 1.54) is 12.1 Å². The Morgan fingerprint density at radius 2 is 1.88 bits per heavy atom. The van der Waals surface area contributed by atoms with E-state index in [-0.39, 0.29) is 23.4 Å². The Morgan fingerprint density at radius 1 is 1.05 bits per heavy atom. The lowest BCUT2D eigenvalue weighted by atomic mass is 10.0. The van der Waals surface area contributed by atoms with Crippen molar-refractivity contribution in [2.24, 2.45) is 0 Å². The Bertz CT molecular complexity index is 1700. The molecule has 4 heterocycles. The number of amides is 1. The summed E-state index contributed by atoms with van der Waals surface area (Å²) in [6.07, 6.45) is 4.27. The zero-order chi connectivity index (χ0) is 27.9. The van der Waals surface area contributed by atoms with Crippen LogP contribution in [0.25, 0.3) is 22.6 Å². The summed E-state index contributed by atoms with van der Waals surface area (Å²) in [5, 5.41) is 15.3. The van der Waals surface area contributed by atoms with Gasteiger partial charge in [0.25, 0.3) is 5.91 Å². The van der Waals surface area contributed by atoms with Gasteiger partial charge in [0.1, 0.15) is 5.69 Å². The molecule has 9 nitrogen and oxygen atoms in total. The molecule has 0 aliphatic carbocycles. The normalized spacial score (nSPS) is 14.2. The second kappa shape index (κ2) is 10.2. The number of aryl methyl sites for hydroxylation is 1. The molecule has 40 heavy (non-hydrogen) atoms. The summed E-state index contributed by atoms with van der Waals surface area (Å²) in [5.74, 6) is -0.532. The maximum Gasteiger partial charge on any atom is 0.416 e. The van der Waals surface area contributed by atoms with E-state index in [4.69, 9.17) is 0 Å². The molecule has 6 rings (SSSR count). The Hall–Kier alpha value is -4.58. The quantitative estimate of drug-likeness (QED) is 0.317. The highest BCUT2D eigenvalue weighted by Gasteiger charge is 2.34. The van der Waals surface area contributed by atoms with Crippen LogP contribution in [0.4, 0.5) is 18.9 Å². The van der Waals surface area contributed by atoms with E-state index >= 15 is 0 Å². The molecule has 1 aliphatic heterocycles. The number of hydrogen-bond acceptors (Lipinski definition) is 6. The van der Waals surface area contributed by atoms with Crippen molar-refractivity contribution in [1.29, 1.82) is 0 Å². The van der Waals surface area contributed by atoms with E-state index in [1.54, 1.807) is 58.3 Å². The second-order valence-electron chi connectivity index (χ2n) is 9.83. The van der Waals surface area contributed by atoms with E-state index in [0.29, 0.717) is 22.6 Å². The third-order valence-corrected chi connectivity index (χ3v) is 7.02. The predicted octanol–water partition coefficient (Wildman–Crippen LogP) is 5.15. The molecule has 12 heteroatoms. The minimum absolute atomic E-state index is 0.0779. The van der Waals surface area contributed by atoms with Crippen LogP contribution in [0.3, 0.4) is 0 Å². The van der Waals surface area contributed by atoms with Gasteiger partial charge in [-0.05, 0) is 68.2 Å². The van der Waals surface area contributed by atoms with E-state index in [0.717, 1.165) is 37.6 Å². The molecule has 1 fully saturated rings. The molecule has 204 valence electrons. The molecule has 1 amide bonds. The lowest BCUT2D eigenvalue weighted by Gasteiger charge is -2.20. The lowest BCUT2D eigenvalue weighted by molar-refractivity contribution is -0.138. The number of nitrogens with zero attached hydrogens (tertiary/aromatic N) is 7. The molecule has 0 radical (unpaired) electrons. The summed E-state index contributed by atoms with van der Waals surface area (Å²) < 4.78 is 44.8. The molecule has 0 spiro atoms. The Balaban J connectivity index is 1.24. The molecular weight excluding hydrogens is 521 g/mol. The standard InChI is InChI=1S/C28H25F3N8O/c1-18-4-5-19(12-25(18)38-17-24(35-36-38)21-14-32-26-8-9-33-39(26)16-21)27(40)34-22-7-6-20(15-37-10-2-3-11-37)23(13-22)28(29,30)31/h4-9,12-14,16-17H,2-3,10-11,15H2,1H3,(H,34,40). The highest BCUT2D eigenvalue weighted by atomic mass is 19.4. The fourth-order valence-electron chi connectivity index (χ4n) is 4.89. The first-order chi connectivity index (χ1) is 19.2. The number of nitrogens with one attached hydrogen (secondary N) is 1. The highest BCUT2D eigenvalue weighted by molar-refractivity contribution is 6.04. The summed E-state index contributed by atoms with van der Waals surface area (Å²) >= 11 is 0. The molecular formula is C28H25F3N8O. The number of alkyl halides is 3. The van der Waals surface area contributed by atoms with Crippen LogP contribution in [0, 0.1) is 6.92 Å². The number of hydrogen-bond donors (Lipinski definition) is 1. The number of rotatable bonds is 6. The van der Waals surface area contributed by atoms with Crippen molar-refractivity contribution in [3.63, 3.8) is 0 Å². The fraction of sp³-hybridized carbons (Fsp3) is 0.250. The van der Waals surface area contributed by atoms with Gasteiger partial charge in [0.15, 0.2) is 5.65 Å². The molecule has 0 saturated carbocycles. The Kier molecular flexibility index (Phi) is 6.54. The number of carbonyl (C=O) groups is 1. The number of halogens is 3. The minimum Gasteiger partial charge on any atom is -0.322 e. The van der Waals surface area contributed by atoms with Crippen LogP contribution in [0.1, 0.15) is 39.9 Å². The number of anilines is 1. The number of aromatic nitrogens is 6. The van der Waals surface area contributed by atoms with Gasteiger partial charge >= 0.3 is 6.18 Å². The third-order valence-electron chi connectivity index (χ3n) is 7.02. The average molecular weight is 547 g/mol. The van der Waals surface area contributed by atoms with Crippen LogP contribution in [0.15, 0.2) is 67.3 Å². The van der Waals surface area contributed by atoms with Gasteiger partial charge in [-0.25, -0.2) is 14.2 Å². The SMILES string of the molecule is Cc1ccc(C(=O)Nc2ccc(CN3CCCC3)c(C(F)(F)F)c2)cc1-n1cc(-c2cnc3ccnn3c2)nn1. The second-order valence-corrected chi connectivity index (χ2v) is 9.83. The van der Waals surface area contributed by atoms with Gasteiger partial charge in [0.2, 0.25) is 0 Å². The summed E-state index contributed by atoms with van der Waals surface area (Å²) in [7, 11) is 0. The topological polar surface area (TPSA) is 93.2 Å². The van der Waals surface area contributed by atoms with Crippen molar-refractivity contribution in [3.8, 4) is 16.9 Å². The first-order valence-electron chi connectivity index (χ1n) is 12.8. The first-order valence-corrected chi connectivity index (χ1v) is 12.8. The Morgan fingerprint density at radius 3 is 2.67 bits per heavy atom. The first kappa shape index (κ1) is 25.7. The summed E-state index contributed by atoms with van der Waals surface area (Å²) in [5.41, 5.74) is 3.23. The van der Waals surface area contributed by atoms with E-state index in [1.807, 2.05) is 11.8 Å². The zero-order valence-electron chi connectivity index (χ0n) is 21.6. The fourth-order valence-corrected chi connectivity index (χ4v) is 4.89. The van der Waals surface area contributed by atoms with Gasteiger partial charge in [-0.2, -0.15) is 18.3 Å². The molecule has 1 aliphatic rings. The maximum absolute atomic E-state index is 13.9. The molecule has 1 saturated heterocycles. The van der Waals surface area contributed by atoms with Gasteiger partial charge in [-0.3, -0.25) is 9.69 Å². The maximum atomic E-state index is 13.9. The van der Waals surface area contributed by atoms with Crippen molar-refractivity contribution in [1.82, 2.24) is 34.5 Å². The molecule has 0 bridgehead atoms. The number of benzene rings is 2. The number of carbonyl (C=O) groups excluding carboxylic acids is 1. The van der Waals surface area contributed by atoms with E-state index in [9.17, 15) is 18.0 Å². The smallest absolute Gasteiger partial charge is 0.322 e. The molecule has 2 aromatic carbocycles. The van der Waals surface area contributed by atoms with Gasteiger partial charge in [0, 0.05) is 41.8 Å². The summed E-state index contributed by atoms with van der Waals surface area (Å²) in [6.45, 7) is 3.67. The van der Waals surface area contributed by atoms with Crippen LogP contribution >= 0.6 is 0 Å². The zero-order valence-corrected chi connectivity index (χ0v) is 21.6. The molecule has 3 aromatic heterocycles. The van der Waals surface area contributed by atoms with Crippen LogP contribution in [0.2, 0.25) is 0 Å². The van der Waals surface area contributed by atoms with E-state index < -0.39 is 17.6 Å². The Labute approximate surface area is 227 Å². The van der Waals surface area contributed by atoms with Crippen LogP contribution in [0.5, 0.6) is 0 Å². The van der Waals surface area contributed by atoms with E-state index in [2.05, 4.69) is 25.7 Å². The van der Waals surface area contributed by atoms with Crippen molar-refractivity contribution in [2.45, 2.75) is 32.5 Å². The molecule has 1 N–H and O–H groups in total. The van der Waals surface area contributed by atoms with Crippen LogP contribution in [-0.2, 0) is 12.7 Å². The van der Waals surface area contributed by atoms with Gasteiger partial charge in [0.05, 0.1) is 23.6 Å². The molecule has 5 aromatic rings.